The summed E-state index contributed by atoms with van der Waals surface area (Å²) in [4.78, 5) is 12.1. The van der Waals surface area contributed by atoms with Gasteiger partial charge in [0.1, 0.15) is 5.75 Å². The van der Waals surface area contributed by atoms with Gasteiger partial charge in [-0.05, 0) is 42.3 Å². The largest absolute Gasteiger partial charge is 0.493 e. The summed E-state index contributed by atoms with van der Waals surface area (Å²) in [5, 5.41) is 12.5. The van der Waals surface area contributed by atoms with Crippen LogP contribution in [-0.4, -0.2) is 22.7 Å². The Morgan fingerprint density at radius 1 is 1.18 bits per heavy atom. The maximum atomic E-state index is 12.1. The van der Waals surface area contributed by atoms with Crippen molar-refractivity contribution in [2.24, 2.45) is 0 Å². The Bertz CT molecular complexity index is 946. The van der Waals surface area contributed by atoms with Crippen LogP contribution in [0.2, 0.25) is 10.0 Å². The van der Waals surface area contributed by atoms with E-state index in [0.717, 1.165) is 21.2 Å². The first kappa shape index (κ1) is 20.9. The molecule has 0 aliphatic heterocycles. The Kier molecular flexibility index (Phi) is 7.56. The first-order valence-corrected chi connectivity index (χ1v) is 11.0. The van der Waals surface area contributed by atoms with Crippen LogP contribution in [-0.2, 0) is 10.5 Å². The number of hydrogen-bond acceptors (Lipinski definition) is 6. The molecule has 1 N–H and O–H groups in total. The molecule has 146 valence electrons. The SMILES string of the molecule is Cc1cccc(OCCC(=O)Nc2nnc(SCc3c(Cl)cccc3Cl)s2)c1. The van der Waals surface area contributed by atoms with Crippen LogP contribution >= 0.6 is 46.3 Å². The molecule has 9 heteroatoms. The minimum atomic E-state index is -0.172. The number of rotatable bonds is 8. The predicted octanol–water partition coefficient (Wildman–Crippen LogP) is 5.85. The molecule has 0 spiro atoms. The Labute approximate surface area is 181 Å². The molecule has 0 saturated heterocycles. The van der Waals surface area contributed by atoms with E-state index in [1.165, 1.54) is 23.1 Å². The zero-order valence-electron chi connectivity index (χ0n) is 14.9. The number of carbonyl (C=O) groups is 1. The number of nitrogens with zero attached hydrogens (tertiary/aromatic N) is 2. The van der Waals surface area contributed by atoms with E-state index in [1.54, 1.807) is 18.2 Å². The number of anilines is 1. The normalized spacial score (nSPS) is 10.7. The summed E-state index contributed by atoms with van der Waals surface area (Å²) in [6.07, 6.45) is 0.227. The van der Waals surface area contributed by atoms with Gasteiger partial charge < -0.3 is 10.1 Å². The first-order chi connectivity index (χ1) is 13.5. The van der Waals surface area contributed by atoms with Crippen LogP contribution in [0.4, 0.5) is 5.13 Å². The second kappa shape index (κ2) is 10.1. The maximum Gasteiger partial charge on any atom is 0.229 e. The minimum absolute atomic E-state index is 0.172. The van der Waals surface area contributed by atoms with Crippen LogP contribution in [0.5, 0.6) is 5.75 Å². The van der Waals surface area contributed by atoms with Crippen LogP contribution in [0.1, 0.15) is 17.5 Å². The number of nitrogens with one attached hydrogen (secondary N) is 1. The minimum Gasteiger partial charge on any atom is -0.493 e. The molecule has 0 aliphatic carbocycles. The lowest BCUT2D eigenvalue weighted by atomic mass is 10.2. The average Bonchev–Trinajstić information content (AvgIpc) is 3.08. The molecule has 0 fully saturated rings. The highest BCUT2D eigenvalue weighted by atomic mass is 35.5. The molecular formula is C19H17Cl2N3O2S2. The summed E-state index contributed by atoms with van der Waals surface area (Å²) in [6.45, 7) is 2.28. The standard InChI is InChI=1S/C19H17Cl2N3O2S2/c1-12-4-2-5-13(10-12)26-9-8-17(25)22-18-23-24-19(28-18)27-11-14-15(20)6-3-7-16(14)21/h2-7,10H,8-9,11H2,1H3,(H,22,23,25). The number of carbonyl (C=O) groups excluding carboxylic acids is 1. The molecular weight excluding hydrogens is 437 g/mol. The summed E-state index contributed by atoms with van der Waals surface area (Å²) in [7, 11) is 0. The zero-order chi connectivity index (χ0) is 19.9. The Morgan fingerprint density at radius 2 is 1.93 bits per heavy atom. The molecule has 1 amide bonds. The van der Waals surface area contributed by atoms with Crippen LogP contribution in [0.15, 0.2) is 46.8 Å². The third-order valence-corrected chi connectivity index (χ3v) is 6.35. The van der Waals surface area contributed by atoms with Gasteiger partial charge in [0.15, 0.2) is 4.34 Å². The highest BCUT2D eigenvalue weighted by Gasteiger charge is 2.11. The van der Waals surface area contributed by atoms with E-state index in [-0.39, 0.29) is 12.3 Å². The van der Waals surface area contributed by atoms with E-state index in [1.807, 2.05) is 31.2 Å². The van der Waals surface area contributed by atoms with Gasteiger partial charge in [-0.15, -0.1) is 10.2 Å². The predicted molar refractivity (Wildman–Crippen MR) is 116 cm³/mol. The fourth-order valence-electron chi connectivity index (χ4n) is 2.27. The van der Waals surface area contributed by atoms with Crippen LogP contribution in [0.3, 0.4) is 0 Å². The quantitative estimate of drug-likeness (QED) is 0.342. The Hall–Kier alpha value is -1.80. The van der Waals surface area contributed by atoms with Crippen molar-refractivity contribution in [2.75, 3.05) is 11.9 Å². The van der Waals surface area contributed by atoms with E-state index < -0.39 is 0 Å². The second-order valence-corrected chi connectivity index (χ2v) is 8.84. The Morgan fingerprint density at radius 3 is 2.68 bits per heavy atom. The summed E-state index contributed by atoms with van der Waals surface area (Å²) in [5.74, 6) is 1.15. The van der Waals surface area contributed by atoms with Gasteiger partial charge >= 0.3 is 0 Å². The van der Waals surface area contributed by atoms with Crippen molar-refractivity contribution in [1.29, 1.82) is 0 Å². The van der Waals surface area contributed by atoms with Gasteiger partial charge in [-0.3, -0.25) is 4.79 Å². The fraction of sp³-hybridized carbons (Fsp3) is 0.211. The molecule has 28 heavy (non-hydrogen) atoms. The number of amides is 1. The number of thioether (sulfide) groups is 1. The molecule has 1 heterocycles. The van der Waals surface area contributed by atoms with E-state index in [9.17, 15) is 4.79 Å². The summed E-state index contributed by atoms with van der Waals surface area (Å²) in [5.41, 5.74) is 1.96. The molecule has 1 aromatic heterocycles. The second-order valence-electron chi connectivity index (χ2n) is 5.83. The number of ether oxygens (including phenoxy) is 1. The van der Waals surface area contributed by atoms with Crippen molar-refractivity contribution in [1.82, 2.24) is 10.2 Å². The average molecular weight is 454 g/mol. The van der Waals surface area contributed by atoms with Crippen molar-refractivity contribution >= 4 is 57.3 Å². The lowest BCUT2D eigenvalue weighted by Gasteiger charge is -2.06. The van der Waals surface area contributed by atoms with E-state index in [4.69, 9.17) is 27.9 Å². The molecule has 0 radical (unpaired) electrons. The van der Waals surface area contributed by atoms with Crippen molar-refractivity contribution in [3.8, 4) is 5.75 Å². The van der Waals surface area contributed by atoms with Crippen molar-refractivity contribution in [3.05, 3.63) is 63.6 Å². The molecule has 3 rings (SSSR count). The number of benzene rings is 2. The van der Waals surface area contributed by atoms with Crippen molar-refractivity contribution < 1.29 is 9.53 Å². The number of halogens is 2. The lowest BCUT2D eigenvalue weighted by Crippen LogP contribution is -2.15. The molecule has 5 nitrogen and oxygen atoms in total. The monoisotopic (exact) mass is 453 g/mol. The van der Waals surface area contributed by atoms with Crippen LogP contribution < -0.4 is 10.1 Å². The fourth-order valence-corrected chi connectivity index (χ4v) is 4.78. The number of hydrogen-bond donors (Lipinski definition) is 1. The van der Waals surface area contributed by atoms with E-state index in [0.29, 0.717) is 27.5 Å². The van der Waals surface area contributed by atoms with Gasteiger partial charge in [-0.25, -0.2) is 0 Å². The number of aromatic nitrogens is 2. The smallest absolute Gasteiger partial charge is 0.229 e. The number of aryl methyl sites for hydroxylation is 1. The highest BCUT2D eigenvalue weighted by Crippen LogP contribution is 2.33. The van der Waals surface area contributed by atoms with Gasteiger partial charge in [0.2, 0.25) is 11.0 Å². The van der Waals surface area contributed by atoms with Crippen LogP contribution in [0.25, 0.3) is 0 Å². The van der Waals surface area contributed by atoms with Gasteiger partial charge in [-0.2, -0.15) is 0 Å². The topological polar surface area (TPSA) is 64.1 Å². The van der Waals surface area contributed by atoms with Gasteiger partial charge in [0.05, 0.1) is 13.0 Å². The summed E-state index contributed by atoms with van der Waals surface area (Å²) >= 11 is 15.1. The molecule has 0 unspecified atom stereocenters. The lowest BCUT2D eigenvalue weighted by molar-refractivity contribution is -0.116. The summed E-state index contributed by atoms with van der Waals surface area (Å²) in [6, 6.07) is 13.1. The molecule has 2 aromatic carbocycles. The van der Waals surface area contributed by atoms with Gasteiger partial charge in [0, 0.05) is 15.8 Å². The van der Waals surface area contributed by atoms with Crippen molar-refractivity contribution in [3.63, 3.8) is 0 Å². The van der Waals surface area contributed by atoms with E-state index in [2.05, 4.69) is 15.5 Å². The molecule has 3 aromatic rings. The zero-order valence-corrected chi connectivity index (χ0v) is 18.1. The van der Waals surface area contributed by atoms with Gasteiger partial charge in [-0.1, -0.05) is 64.5 Å². The van der Waals surface area contributed by atoms with Gasteiger partial charge in [0.25, 0.3) is 0 Å². The molecule has 0 saturated carbocycles. The third kappa shape index (κ3) is 6.10. The highest BCUT2D eigenvalue weighted by molar-refractivity contribution is 8.00. The molecule has 0 aliphatic rings. The molecule has 0 atom stereocenters. The third-order valence-electron chi connectivity index (χ3n) is 3.64. The maximum absolute atomic E-state index is 12.1. The van der Waals surface area contributed by atoms with E-state index >= 15 is 0 Å². The molecule has 0 bridgehead atoms. The first-order valence-electron chi connectivity index (χ1n) is 8.40. The van der Waals surface area contributed by atoms with Crippen molar-refractivity contribution in [2.45, 2.75) is 23.4 Å². The Balaban J connectivity index is 1.45. The summed E-state index contributed by atoms with van der Waals surface area (Å²) < 4.78 is 6.31. The van der Waals surface area contributed by atoms with Crippen LogP contribution in [0, 0.1) is 6.92 Å².